The number of hydrogen-bond acceptors (Lipinski definition) is 2. The first-order chi connectivity index (χ1) is 6.50. The maximum absolute atomic E-state index is 11.5. The molecule has 0 atom stereocenters. The van der Waals surface area contributed by atoms with Crippen LogP contribution in [0, 0.1) is 5.92 Å². The van der Waals surface area contributed by atoms with Gasteiger partial charge in [-0.1, -0.05) is 13.8 Å². The average molecular weight is 194 g/mol. The number of pyridine rings is 1. The van der Waals surface area contributed by atoms with Gasteiger partial charge in [-0.2, -0.15) is 0 Å². The van der Waals surface area contributed by atoms with Crippen molar-refractivity contribution in [1.82, 2.24) is 4.57 Å². The molecule has 0 fully saturated rings. The molecule has 3 heteroatoms. The monoisotopic (exact) mass is 194 g/mol. The zero-order valence-corrected chi connectivity index (χ0v) is 9.32. The largest absolute Gasteiger partial charge is 0.376 e. The summed E-state index contributed by atoms with van der Waals surface area (Å²) in [5.41, 5.74) is 1.13. The summed E-state index contributed by atoms with van der Waals surface area (Å²) in [4.78, 5) is 13.5. The van der Waals surface area contributed by atoms with E-state index in [0.29, 0.717) is 5.92 Å². The Hall–Kier alpha value is -1.25. The molecule has 0 aliphatic heterocycles. The molecule has 14 heavy (non-hydrogen) atoms. The van der Waals surface area contributed by atoms with E-state index in [1.54, 1.807) is 10.6 Å². The van der Waals surface area contributed by atoms with Gasteiger partial charge in [-0.3, -0.25) is 4.79 Å². The summed E-state index contributed by atoms with van der Waals surface area (Å²) in [5.74, 6) is 0.491. The molecule has 1 aromatic heterocycles. The van der Waals surface area contributed by atoms with Crippen molar-refractivity contribution in [3.63, 3.8) is 0 Å². The molecule has 0 unspecified atom stereocenters. The van der Waals surface area contributed by atoms with Crippen LogP contribution in [0.1, 0.15) is 13.8 Å². The smallest absolute Gasteiger partial charge is 0.250 e. The summed E-state index contributed by atoms with van der Waals surface area (Å²) in [6.07, 6.45) is 1.91. The Morgan fingerprint density at radius 3 is 2.50 bits per heavy atom. The fraction of sp³-hybridized carbons (Fsp3) is 0.545. The van der Waals surface area contributed by atoms with Crippen LogP contribution in [-0.4, -0.2) is 18.7 Å². The second-order valence-electron chi connectivity index (χ2n) is 4.17. The number of hydrogen-bond donors (Lipinski definition) is 0. The van der Waals surface area contributed by atoms with Gasteiger partial charge >= 0.3 is 0 Å². The Morgan fingerprint density at radius 1 is 1.36 bits per heavy atom. The molecule has 78 valence electrons. The van der Waals surface area contributed by atoms with E-state index in [0.717, 1.165) is 12.2 Å². The summed E-state index contributed by atoms with van der Waals surface area (Å²) >= 11 is 0. The van der Waals surface area contributed by atoms with Crippen molar-refractivity contribution >= 4 is 5.69 Å². The van der Waals surface area contributed by atoms with E-state index >= 15 is 0 Å². The van der Waals surface area contributed by atoms with Crippen LogP contribution in [0.25, 0.3) is 0 Å². The summed E-state index contributed by atoms with van der Waals surface area (Å²) in [5, 5.41) is 0. The molecule has 1 heterocycles. The maximum atomic E-state index is 11.5. The highest BCUT2D eigenvalue weighted by Gasteiger charge is 2.01. The Labute approximate surface area is 85.0 Å². The van der Waals surface area contributed by atoms with Gasteiger partial charge in [0.05, 0.1) is 5.69 Å². The average Bonchev–Trinajstić information content (AvgIpc) is 2.07. The predicted molar refractivity (Wildman–Crippen MR) is 59.9 cm³/mol. The summed E-state index contributed by atoms with van der Waals surface area (Å²) in [6.45, 7) is 4.99. The zero-order chi connectivity index (χ0) is 10.7. The first-order valence-corrected chi connectivity index (χ1v) is 4.88. The van der Waals surface area contributed by atoms with Crippen molar-refractivity contribution in [3.8, 4) is 0 Å². The Morgan fingerprint density at radius 2 is 2.00 bits per heavy atom. The summed E-state index contributed by atoms with van der Waals surface area (Å²) in [7, 11) is 3.94. The second-order valence-corrected chi connectivity index (χ2v) is 4.17. The molecule has 0 saturated heterocycles. The summed E-state index contributed by atoms with van der Waals surface area (Å²) in [6, 6.07) is 3.47. The lowest BCUT2D eigenvalue weighted by molar-refractivity contribution is 0.511. The second kappa shape index (κ2) is 4.31. The zero-order valence-electron chi connectivity index (χ0n) is 9.32. The van der Waals surface area contributed by atoms with E-state index in [4.69, 9.17) is 0 Å². The third-order valence-corrected chi connectivity index (χ3v) is 2.05. The maximum Gasteiger partial charge on any atom is 0.250 e. The molecule has 0 saturated carbocycles. The quantitative estimate of drug-likeness (QED) is 0.729. The fourth-order valence-electron chi connectivity index (χ4n) is 1.32. The molecule has 0 aromatic carbocycles. The van der Waals surface area contributed by atoms with Gasteiger partial charge in [0.15, 0.2) is 0 Å². The molecule has 0 spiro atoms. The van der Waals surface area contributed by atoms with Gasteiger partial charge in [0.25, 0.3) is 5.56 Å². The van der Waals surface area contributed by atoms with Crippen LogP contribution in [0.15, 0.2) is 23.1 Å². The molecule has 0 amide bonds. The minimum absolute atomic E-state index is 0.0734. The van der Waals surface area contributed by atoms with Crippen molar-refractivity contribution in [3.05, 3.63) is 28.7 Å². The minimum Gasteiger partial charge on any atom is -0.376 e. The Bertz CT molecular complexity index is 353. The van der Waals surface area contributed by atoms with E-state index in [-0.39, 0.29) is 5.56 Å². The van der Waals surface area contributed by atoms with Gasteiger partial charge in [0, 0.05) is 32.9 Å². The molecule has 0 bridgehead atoms. The van der Waals surface area contributed by atoms with Crippen molar-refractivity contribution in [1.29, 1.82) is 0 Å². The number of nitrogens with zero attached hydrogens (tertiary/aromatic N) is 2. The first kappa shape index (κ1) is 10.8. The Balaban J connectivity index is 3.02. The molecule has 1 aromatic rings. The van der Waals surface area contributed by atoms with Crippen LogP contribution in [0.2, 0.25) is 0 Å². The first-order valence-electron chi connectivity index (χ1n) is 4.88. The van der Waals surface area contributed by atoms with Gasteiger partial charge in [0.2, 0.25) is 0 Å². The van der Waals surface area contributed by atoms with Gasteiger partial charge in [0.1, 0.15) is 0 Å². The standard InChI is InChI=1S/C11H18N2O/c1-9(2)7-13-8-10(12(3)4)5-6-11(13)14/h5-6,8-9H,7H2,1-4H3. The highest BCUT2D eigenvalue weighted by Crippen LogP contribution is 2.08. The van der Waals surface area contributed by atoms with Crippen LogP contribution >= 0.6 is 0 Å². The van der Waals surface area contributed by atoms with E-state index in [1.165, 1.54) is 0 Å². The van der Waals surface area contributed by atoms with Crippen LogP contribution in [0.5, 0.6) is 0 Å². The van der Waals surface area contributed by atoms with E-state index < -0.39 is 0 Å². The third-order valence-electron chi connectivity index (χ3n) is 2.05. The molecule has 0 radical (unpaired) electrons. The number of rotatable bonds is 3. The summed E-state index contributed by atoms with van der Waals surface area (Å²) < 4.78 is 1.76. The fourth-order valence-corrected chi connectivity index (χ4v) is 1.32. The predicted octanol–water partition coefficient (Wildman–Crippen LogP) is 1.57. The molecule has 1 rings (SSSR count). The van der Waals surface area contributed by atoms with Crippen molar-refractivity contribution in [2.75, 3.05) is 19.0 Å². The normalized spacial score (nSPS) is 10.6. The molecule has 3 nitrogen and oxygen atoms in total. The topological polar surface area (TPSA) is 25.2 Å². The van der Waals surface area contributed by atoms with Gasteiger partial charge < -0.3 is 9.47 Å². The lowest BCUT2D eigenvalue weighted by atomic mass is 10.2. The lowest BCUT2D eigenvalue weighted by Crippen LogP contribution is -2.22. The van der Waals surface area contributed by atoms with E-state index in [2.05, 4.69) is 13.8 Å². The van der Waals surface area contributed by atoms with Gasteiger partial charge in [-0.25, -0.2) is 0 Å². The highest BCUT2D eigenvalue weighted by molar-refractivity contribution is 5.41. The third kappa shape index (κ3) is 2.62. The van der Waals surface area contributed by atoms with Gasteiger partial charge in [-0.15, -0.1) is 0 Å². The van der Waals surface area contributed by atoms with Crippen LogP contribution in [0.3, 0.4) is 0 Å². The SMILES string of the molecule is CC(C)Cn1cc(N(C)C)ccc1=O. The van der Waals surface area contributed by atoms with Crippen LogP contribution < -0.4 is 10.5 Å². The van der Waals surface area contributed by atoms with Gasteiger partial charge in [-0.05, 0) is 12.0 Å². The highest BCUT2D eigenvalue weighted by atomic mass is 16.1. The van der Waals surface area contributed by atoms with Crippen LogP contribution in [-0.2, 0) is 6.54 Å². The molecule has 0 aliphatic carbocycles. The van der Waals surface area contributed by atoms with Crippen molar-refractivity contribution < 1.29 is 0 Å². The lowest BCUT2D eigenvalue weighted by Gasteiger charge is -2.15. The Kier molecular flexibility index (Phi) is 3.33. The molecule has 0 N–H and O–H groups in total. The van der Waals surface area contributed by atoms with Crippen LogP contribution in [0.4, 0.5) is 5.69 Å². The minimum atomic E-state index is 0.0734. The molecular weight excluding hydrogens is 176 g/mol. The molecular formula is C11H18N2O. The molecule has 0 aliphatic rings. The number of anilines is 1. The van der Waals surface area contributed by atoms with Crippen molar-refractivity contribution in [2.24, 2.45) is 5.92 Å². The van der Waals surface area contributed by atoms with Crippen molar-refractivity contribution in [2.45, 2.75) is 20.4 Å². The van der Waals surface area contributed by atoms with E-state index in [1.807, 2.05) is 31.3 Å². The number of aromatic nitrogens is 1. The van der Waals surface area contributed by atoms with E-state index in [9.17, 15) is 4.79 Å².